The molecule has 5 aromatic heterocycles. The summed E-state index contributed by atoms with van der Waals surface area (Å²) in [6.07, 6.45) is 6.43. The van der Waals surface area contributed by atoms with Crippen molar-refractivity contribution < 1.29 is 112 Å². The average Bonchev–Trinajstić information content (AvgIpc) is 1.61. The Morgan fingerprint density at radius 2 is 0.848 bits per heavy atom. The molecule has 5 aliphatic rings. The van der Waals surface area contributed by atoms with Crippen molar-refractivity contribution in [3.05, 3.63) is 132 Å². The fraction of sp³-hybridized carbons (Fsp3) is 0.716. The number of esters is 3. The van der Waals surface area contributed by atoms with Crippen molar-refractivity contribution in [2.75, 3.05) is 27.1 Å². The molecule has 10 rings (SSSR count). The van der Waals surface area contributed by atoms with Gasteiger partial charge >= 0.3 is 36.8 Å². The molecule has 5 unspecified atom stereocenters. The summed E-state index contributed by atoms with van der Waals surface area (Å²) in [6.45, 7) is 53.6. The Bertz CT molecular complexity index is 4660. The fourth-order valence-electron chi connectivity index (χ4n) is 12.4. The maximum Gasteiger partial charge on any atom is 1.00 e. The second-order valence-corrected chi connectivity index (χ2v) is 53.3. The molecule has 44 heteroatoms. The first-order chi connectivity index (χ1) is 56.9. The van der Waals surface area contributed by atoms with Crippen molar-refractivity contribution in [1.82, 2.24) is 48.2 Å². The van der Waals surface area contributed by atoms with Gasteiger partial charge in [-0.3, -0.25) is 81.0 Å². The maximum absolute atomic E-state index is 11.6. The van der Waals surface area contributed by atoms with E-state index in [0.29, 0.717) is 25.7 Å². The SMILES string of the molecule is C.CC(C)(C)[Si](C)(C)Cl.CC[C@H]1O[C@@H](OC(C)=O)[C@@H](OC(C)=O)C1C.CC[C@H]1O[C@@H](n2ccc(=O)[nH]c2=S)[C@@H](OC(C)=O)C1C.CC[C@H]1O[C@@H](n2ccc(=O)[nH]c2=S)[C@@H](O[Si](C)(C)C(C)(C)C)C1C.CC[C@H]1O[C@@H](n2ccc(=O)nc2SC)[C@@H](O[Si](C)(C)C(C)(C)C)C1C.CO.O=c1cc[nH]c(=S)[nH]1.O=c1ccn([C@@H]2O[C@H](CO)C(O)[C@@H]2O)c(=S)[nH]1.[2H]CF.[Li+].[OH-]. The number of thioether (sulfide) groups is 1. The van der Waals surface area contributed by atoms with Gasteiger partial charge in [-0.2, -0.15) is 16.1 Å². The molecule has 0 bridgehead atoms. The van der Waals surface area contributed by atoms with E-state index in [9.17, 15) is 53.0 Å². The van der Waals surface area contributed by atoms with E-state index >= 15 is 0 Å². The van der Waals surface area contributed by atoms with Crippen LogP contribution in [0.25, 0.3) is 0 Å². The van der Waals surface area contributed by atoms with Crippen LogP contribution in [-0.2, 0) is 61.1 Å². The summed E-state index contributed by atoms with van der Waals surface area (Å²) in [5, 5.41) is 36.5. The van der Waals surface area contributed by atoms with Gasteiger partial charge in [-0.25, -0.2) is 0 Å². The Kier molecular flexibility index (Phi) is 52.6. The van der Waals surface area contributed by atoms with Crippen molar-refractivity contribution >= 4 is 114 Å². The summed E-state index contributed by atoms with van der Waals surface area (Å²) in [5.41, 5.74) is -1.23. The van der Waals surface area contributed by atoms with E-state index in [4.69, 9.17) is 106 Å². The minimum absolute atomic E-state index is 0. The number of hydrogen-bond donors (Lipinski definition) is 9. The minimum Gasteiger partial charge on any atom is -0.870 e. The van der Waals surface area contributed by atoms with Gasteiger partial charge in [-0.05, 0) is 122 Å². The number of halogens is 2. The molecule has 5 saturated heterocycles. The zero-order chi connectivity index (χ0) is 94.7. The zero-order valence-electron chi connectivity index (χ0n) is 78.2. The Morgan fingerprint density at radius 3 is 1.15 bits per heavy atom. The van der Waals surface area contributed by atoms with Crippen LogP contribution in [0.15, 0.2) is 90.4 Å². The smallest absolute Gasteiger partial charge is 0.870 e. The van der Waals surface area contributed by atoms with Gasteiger partial charge in [0.05, 0.1) is 51.8 Å². The van der Waals surface area contributed by atoms with E-state index in [1.807, 2.05) is 43.1 Å². The van der Waals surface area contributed by atoms with E-state index < -0.39 is 99.0 Å². The topological polar surface area (TPSA) is 451 Å². The van der Waals surface area contributed by atoms with Crippen LogP contribution in [0, 0.1) is 42.8 Å². The molecule has 10 heterocycles. The van der Waals surface area contributed by atoms with E-state index in [-0.39, 0.29) is 152 Å². The summed E-state index contributed by atoms with van der Waals surface area (Å²) in [6, 6.07) is 6.94. The molecule has 33 nitrogen and oxygen atoms in total. The Morgan fingerprint density at radius 1 is 0.536 bits per heavy atom. The summed E-state index contributed by atoms with van der Waals surface area (Å²) < 4.78 is 81.7. The number of aliphatic hydroxyl groups excluding tert-OH is 4. The molecule has 5 aliphatic heterocycles. The Labute approximate surface area is 780 Å². The Balaban J connectivity index is 0. The predicted molar refractivity (Wildman–Crippen MR) is 495 cm³/mol. The summed E-state index contributed by atoms with van der Waals surface area (Å²) in [4.78, 5) is 106. The largest absolute Gasteiger partial charge is 1.00 e. The first kappa shape index (κ1) is 120. The monoisotopic (exact) mass is 1930 g/mol. The van der Waals surface area contributed by atoms with E-state index in [0.717, 1.165) is 32.8 Å². The number of aromatic amines is 5. The number of alkyl halides is 1. The number of carbonyl (C=O) groups excluding carboxylic acids is 3. The van der Waals surface area contributed by atoms with Gasteiger partial charge in [-0.15, -0.1) is 0 Å². The third-order valence-electron chi connectivity index (χ3n) is 22.4. The van der Waals surface area contributed by atoms with Crippen molar-refractivity contribution in [1.29, 1.82) is 0 Å². The van der Waals surface area contributed by atoms with Crippen molar-refractivity contribution in [3.8, 4) is 0 Å². The Hall–Kier alpha value is -4.97. The molecule has 5 aromatic rings. The molecule has 5 fully saturated rings. The van der Waals surface area contributed by atoms with E-state index in [2.05, 4.69) is 171 Å². The van der Waals surface area contributed by atoms with Crippen LogP contribution < -0.4 is 46.7 Å². The molecule has 0 aliphatic carbocycles. The first-order valence-corrected chi connectivity index (χ1v) is 53.0. The van der Waals surface area contributed by atoms with E-state index in [1.54, 1.807) is 23.2 Å². The van der Waals surface area contributed by atoms with Crippen LogP contribution in [0.4, 0.5) is 4.39 Å². The van der Waals surface area contributed by atoms with Gasteiger partial charge in [0.1, 0.15) is 18.3 Å². The van der Waals surface area contributed by atoms with Gasteiger partial charge in [0.2, 0.25) is 6.29 Å². The molecule has 710 valence electrons. The number of carbonyl (C=O) groups is 3. The summed E-state index contributed by atoms with van der Waals surface area (Å²) in [5.74, 6) is -0.550. The molecule has 125 heavy (non-hydrogen) atoms. The van der Waals surface area contributed by atoms with Crippen LogP contribution in [0.3, 0.4) is 0 Å². The third kappa shape index (κ3) is 35.6. The van der Waals surface area contributed by atoms with Crippen molar-refractivity contribution in [2.24, 2.45) is 23.7 Å². The van der Waals surface area contributed by atoms with Gasteiger partial charge in [-0.1, -0.05) is 150 Å². The molecule has 0 radical (unpaired) electrons. The number of rotatable bonds is 17. The number of ether oxygens (including phenoxy) is 8. The molecule has 10 N–H and O–H groups in total. The average molecular weight is 1930 g/mol. The van der Waals surface area contributed by atoms with Gasteiger partial charge < -0.3 is 77.6 Å². The second kappa shape index (κ2) is 54.7. The number of H-pyrrole nitrogens is 5. The van der Waals surface area contributed by atoms with Crippen LogP contribution in [0.5, 0.6) is 0 Å². The first-order valence-electron chi connectivity index (χ1n) is 41.0. The van der Waals surface area contributed by atoms with Gasteiger partial charge in [0.15, 0.2) is 85.4 Å². The standard InChI is InChI=1S/C18H32N2O3SSi.C17H30N2O3SSi.C13H18N2O4S.C11H18O5.C9H12N2O5S.C6H15ClSi.C4H4N2OS.CH3F.CH4O.CH4.Li.H2O/c1-9-13-12(2)15(23-25(7,8)18(3,4)5)16(22-13)20-11-10-14(21)19-17(20)24-6;1-8-12-11(2)14(22-24(6,7)17(3,4)5)15(21-12)19-10-9-13(20)18-16(19)23;1-4-9-7(2)11(18-8(3)16)12(19-9)15-6-5-10(17)14-13(15)20;1-5-9-6(2)10(14-7(3)12)11(16-9)15-8(4)13;12-3-4-6(14)7(15)8(16-4)11-2-1-5(13)10-9(11)17;1-6(2,3)8(4,5)7;7-3-1-2-5-4(8)6-3;2*1-2;;;/h10-13,15-16H,9H2,1-8H3;9-12,14-15H,8H2,1-7H3,(H,18,20,23);5-7,9,11-12H,4H2,1-3H3,(H,14,17,20);6,9-11H,5H2,1-4H3;1-2,4,6-8,12,14-15H,3H2,(H,10,13,17);1-5H3;1-2H,(H2,5,6,7,8);1H3;2H,1H3;1H4;;1H2/q;;;;;;;;;;+1;/p-1/t12?,13-,15+,16-;11?,12-,14+,15-;7?,9-,11+,12-;6?,9-,10+,11-;4-,6?,7+,8-;;;;;;;/m11111......./s1/i;;;;;;;1D;;;;. The quantitative estimate of drug-likeness (QED) is 0.00794. The van der Waals surface area contributed by atoms with Crippen molar-refractivity contribution in [3.63, 3.8) is 0 Å². The number of aliphatic hydroxyl groups is 4. The minimum atomic E-state index is -1.96. The number of hydrogen-bond acceptors (Lipinski definition) is 29. The van der Waals surface area contributed by atoms with Gasteiger partial charge in [0, 0.05) is 113 Å². The molecule has 0 aromatic carbocycles. The second-order valence-electron chi connectivity index (χ2n) is 34.2. The summed E-state index contributed by atoms with van der Waals surface area (Å²) in [7, 11) is -5.29. The summed E-state index contributed by atoms with van der Waals surface area (Å²) >= 11 is 27.6. The van der Waals surface area contributed by atoms with Crippen molar-refractivity contribution in [2.45, 2.75) is 329 Å². The molecular formula is C81H141ClFLiN10O23S5Si3. The van der Waals surface area contributed by atoms with Crippen LogP contribution >= 0.6 is 71.7 Å². The zero-order valence-corrected chi connectivity index (χ0v) is 85.0. The predicted octanol–water partition coefficient (Wildman–Crippen LogP) is 11.4. The number of nitrogens with one attached hydrogen (secondary N) is 5. The van der Waals surface area contributed by atoms with Crippen LogP contribution in [0.1, 0.15) is 198 Å². The number of aromatic nitrogens is 10. The molecule has 0 saturated carbocycles. The van der Waals surface area contributed by atoms with E-state index in [1.165, 1.54) is 79.8 Å². The third-order valence-corrected chi connectivity index (χ3v) is 38.4. The van der Waals surface area contributed by atoms with Crippen LogP contribution in [0.2, 0.25) is 54.4 Å². The van der Waals surface area contributed by atoms with Crippen LogP contribution in [-0.4, -0.2) is 217 Å². The molecule has 20 atom stereocenters. The maximum atomic E-state index is 11.6. The normalized spacial score (nSPS) is 26.1. The molecule has 0 spiro atoms. The molecule has 0 amide bonds. The van der Waals surface area contributed by atoms with Gasteiger partial charge in [0.25, 0.3) is 27.8 Å². The fourth-order valence-corrected chi connectivity index (χ4v) is 16.6. The number of nitrogens with zero attached hydrogens (tertiary/aromatic N) is 5. The molecular weight excluding hydrogens is 1790 g/mol.